The number of carbonyl (C=O) groups excluding carboxylic acids is 2. The maximum Gasteiger partial charge on any atom is 0.472 e. The van der Waals surface area contributed by atoms with Crippen molar-refractivity contribution in [3.8, 4) is 0 Å². The smallest absolute Gasteiger partial charge is 0.463 e. The van der Waals surface area contributed by atoms with Crippen LogP contribution in [0.1, 0.15) is 232 Å². The molecule has 0 aliphatic carbocycles. The van der Waals surface area contributed by atoms with Crippen LogP contribution in [0.5, 0.6) is 0 Å². The van der Waals surface area contributed by atoms with E-state index in [1.807, 2.05) is 0 Å². The summed E-state index contributed by atoms with van der Waals surface area (Å²) in [5.74, 6) is -0.297. The first kappa shape index (κ1) is 57.8. The molecule has 2 unspecified atom stereocenters. The van der Waals surface area contributed by atoms with E-state index in [9.17, 15) is 19.0 Å². The minimum absolute atomic E-state index is 0.0457. The number of unbranched alkanes of at least 4 members (excludes halogenated alkanes) is 31. The molecule has 0 aromatic heterocycles. The summed E-state index contributed by atoms with van der Waals surface area (Å²) in [6, 6.07) is 0. The number of hydrogen-bond acceptors (Lipinski definition) is 9. The van der Waals surface area contributed by atoms with Gasteiger partial charge in [-0.1, -0.05) is 213 Å². The van der Waals surface area contributed by atoms with Gasteiger partial charge in [-0.15, -0.1) is 0 Å². The van der Waals surface area contributed by atoms with Gasteiger partial charge in [0.1, 0.15) is 19.3 Å². The number of nitrogens with one attached hydrogen (secondary N) is 1. The number of phosphoric acid groups is 1. The van der Waals surface area contributed by atoms with Gasteiger partial charge in [-0.25, -0.2) is 9.36 Å². The molecule has 0 heterocycles. The van der Waals surface area contributed by atoms with Crippen molar-refractivity contribution in [2.24, 2.45) is 0 Å². The van der Waals surface area contributed by atoms with Crippen LogP contribution in [-0.2, 0) is 37.4 Å². The summed E-state index contributed by atoms with van der Waals surface area (Å²) in [6.07, 6.45) is 41.3. The highest BCUT2D eigenvalue weighted by molar-refractivity contribution is 7.47. The van der Waals surface area contributed by atoms with Crippen LogP contribution in [0.15, 0.2) is 0 Å². The molecule has 0 rings (SSSR count). The van der Waals surface area contributed by atoms with Crippen molar-refractivity contribution in [2.75, 3.05) is 53.3 Å². The summed E-state index contributed by atoms with van der Waals surface area (Å²) < 4.78 is 43.9. The van der Waals surface area contributed by atoms with Gasteiger partial charge in [0.05, 0.1) is 19.8 Å². The third-order valence-corrected chi connectivity index (χ3v) is 11.8. The van der Waals surface area contributed by atoms with E-state index in [1.165, 1.54) is 180 Å². The zero-order valence-electron chi connectivity index (χ0n) is 38.6. The zero-order valence-corrected chi connectivity index (χ0v) is 39.5. The molecule has 0 aliphatic rings. The van der Waals surface area contributed by atoms with Gasteiger partial charge in [-0.2, -0.15) is 0 Å². The zero-order chi connectivity index (χ0) is 43.2. The summed E-state index contributed by atoms with van der Waals surface area (Å²) >= 11 is 0. The molecule has 0 fully saturated rings. The maximum absolute atomic E-state index is 12.6. The summed E-state index contributed by atoms with van der Waals surface area (Å²) in [4.78, 5) is 34.4. The van der Waals surface area contributed by atoms with Crippen molar-refractivity contribution in [1.29, 1.82) is 0 Å². The Hall–Kier alpha value is -1.23. The molecule has 0 aromatic carbocycles. The average Bonchev–Trinajstić information content (AvgIpc) is 3.22. The molecule has 59 heavy (non-hydrogen) atoms. The number of ether oxygens (including phenoxy) is 4. The van der Waals surface area contributed by atoms with Crippen LogP contribution in [0.2, 0.25) is 0 Å². The third kappa shape index (κ3) is 46.1. The first-order valence-corrected chi connectivity index (χ1v) is 26.1. The third-order valence-electron chi connectivity index (χ3n) is 10.8. The Morgan fingerprint density at radius 2 is 0.898 bits per heavy atom. The molecule has 12 heteroatoms. The van der Waals surface area contributed by atoms with Crippen LogP contribution < -0.4 is 5.32 Å². The molecule has 11 nitrogen and oxygen atoms in total. The monoisotopic (exact) mass is 864 g/mol. The summed E-state index contributed by atoms with van der Waals surface area (Å²) in [5.41, 5.74) is 0. The van der Waals surface area contributed by atoms with Gasteiger partial charge >= 0.3 is 19.9 Å². The van der Waals surface area contributed by atoms with Gasteiger partial charge in [0.15, 0.2) is 0 Å². The highest BCUT2D eigenvalue weighted by Crippen LogP contribution is 2.43. The maximum atomic E-state index is 12.6. The number of carbonyl (C=O) groups is 2. The molecule has 2 N–H and O–H groups in total. The van der Waals surface area contributed by atoms with E-state index in [2.05, 4.69) is 19.2 Å². The van der Waals surface area contributed by atoms with Gasteiger partial charge < -0.3 is 29.2 Å². The average molecular weight is 864 g/mol. The van der Waals surface area contributed by atoms with E-state index in [-0.39, 0.29) is 45.5 Å². The second kappa shape index (κ2) is 46.3. The number of rotatable bonds is 48. The van der Waals surface area contributed by atoms with Crippen molar-refractivity contribution in [3.05, 3.63) is 0 Å². The van der Waals surface area contributed by atoms with Crippen molar-refractivity contribution in [3.63, 3.8) is 0 Å². The molecule has 1 amide bonds. The lowest BCUT2D eigenvalue weighted by Gasteiger charge is -2.20. The van der Waals surface area contributed by atoms with E-state index in [4.69, 9.17) is 28.0 Å². The molecule has 0 saturated carbocycles. The fraction of sp³-hybridized carbons (Fsp3) is 0.957. The van der Waals surface area contributed by atoms with Crippen molar-refractivity contribution in [1.82, 2.24) is 5.32 Å². The fourth-order valence-corrected chi connectivity index (χ4v) is 7.85. The summed E-state index contributed by atoms with van der Waals surface area (Å²) in [6.45, 7) is 4.70. The molecule has 0 bridgehead atoms. The molecule has 0 saturated heterocycles. The van der Waals surface area contributed by atoms with Gasteiger partial charge in [-0.3, -0.25) is 13.8 Å². The second-order valence-corrected chi connectivity index (χ2v) is 18.0. The Morgan fingerprint density at radius 1 is 0.492 bits per heavy atom. The Morgan fingerprint density at radius 3 is 1.32 bits per heavy atom. The minimum Gasteiger partial charge on any atom is -0.463 e. The van der Waals surface area contributed by atoms with Crippen molar-refractivity contribution >= 4 is 19.9 Å². The Labute approximate surface area is 362 Å². The topological polar surface area (TPSA) is 139 Å². The van der Waals surface area contributed by atoms with Gasteiger partial charge in [0.2, 0.25) is 0 Å². The van der Waals surface area contributed by atoms with Crippen LogP contribution in [-0.4, -0.2) is 76.4 Å². The molecule has 0 spiro atoms. The quantitative estimate of drug-likeness (QED) is 0.0345. The lowest BCUT2D eigenvalue weighted by molar-refractivity contribution is -0.149. The standard InChI is InChI=1S/C47H94NO10P/c1-4-6-8-10-12-14-16-18-20-22-23-25-27-29-31-33-35-37-46(49)56-43-45(44-58-59(51,52)57-40-38-48-47(50)55-42-41-53-3)54-39-36-34-32-30-28-26-24-21-19-17-15-13-11-9-7-5-2/h45H,4-44H2,1-3H3,(H,48,50)(H,51,52). The number of esters is 1. The van der Waals surface area contributed by atoms with Gasteiger partial charge in [0.25, 0.3) is 0 Å². The molecule has 352 valence electrons. The van der Waals surface area contributed by atoms with E-state index >= 15 is 0 Å². The number of phosphoric ester groups is 1. The summed E-state index contributed by atoms with van der Waals surface area (Å²) in [7, 11) is -2.94. The molecule has 0 aliphatic heterocycles. The molecule has 0 aromatic rings. The second-order valence-electron chi connectivity index (χ2n) is 16.5. The number of amides is 1. The largest absolute Gasteiger partial charge is 0.472 e. The first-order chi connectivity index (χ1) is 28.8. The van der Waals surface area contributed by atoms with Crippen LogP contribution >= 0.6 is 7.82 Å². The van der Waals surface area contributed by atoms with Crippen LogP contribution in [0.4, 0.5) is 4.79 Å². The van der Waals surface area contributed by atoms with E-state index in [1.54, 1.807) is 0 Å². The van der Waals surface area contributed by atoms with Gasteiger partial charge in [0, 0.05) is 26.7 Å². The predicted octanol–water partition coefficient (Wildman–Crippen LogP) is 13.7. The van der Waals surface area contributed by atoms with E-state index in [0.717, 1.165) is 38.5 Å². The molecule has 2 atom stereocenters. The van der Waals surface area contributed by atoms with Crippen LogP contribution in [0, 0.1) is 0 Å². The number of alkyl carbamates (subject to hydrolysis) is 1. The molecular formula is C47H94NO10P. The Balaban J connectivity index is 4.27. The highest BCUT2D eigenvalue weighted by atomic mass is 31.2. The van der Waals surface area contributed by atoms with E-state index in [0.29, 0.717) is 13.0 Å². The number of methoxy groups -OCH3 is 1. The lowest BCUT2D eigenvalue weighted by Crippen LogP contribution is -2.29. The van der Waals surface area contributed by atoms with Crippen LogP contribution in [0.25, 0.3) is 0 Å². The molecular weight excluding hydrogens is 769 g/mol. The SMILES string of the molecule is CCCCCCCCCCCCCCCCCCCC(=O)OCC(COP(=O)(O)OCCNC(=O)OCCOC)OCCCCCCCCCCCCCCCCCC. The summed E-state index contributed by atoms with van der Waals surface area (Å²) in [5, 5.41) is 2.42. The van der Waals surface area contributed by atoms with Crippen molar-refractivity contribution < 1.29 is 47.0 Å². The Bertz CT molecular complexity index is 943. The van der Waals surface area contributed by atoms with Gasteiger partial charge in [-0.05, 0) is 12.8 Å². The highest BCUT2D eigenvalue weighted by Gasteiger charge is 2.24. The fourth-order valence-electron chi connectivity index (χ4n) is 7.09. The Kier molecular flexibility index (Phi) is 45.3. The normalized spacial score (nSPS) is 13.0. The van der Waals surface area contributed by atoms with E-state index < -0.39 is 20.0 Å². The van der Waals surface area contributed by atoms with Crippen molar-refractivity contribution in [2.45, 2.75) is 238 Å². The first-order valence-electron chi connectivity index (χ1n) is 24.6. The predicted molar refractivity (Wildman–Crippen MR) is 242 cm³/mol. The number of hydrogen-bond donors (Lipinski definition) is 2. The molecule has 0 radical (unpaired) electrons. The minimum atomic E-state index is -4.44. The van der Waals surface area contributed by atoms with Crippen LogP contribution in [0.3, 0.4) is 0 Å². The lowest BCUT2D eigenvalue weighted by atomic mass is 10.0.